The molecule has 5 heteroatoms. The standard InChI is InChI=1S/C19H29F2NO2/c1-3-7-16-17(10-14(20)11-18(16)21)19(4-2)24-13-15(23)12-22-8-5-6-9-22/h10-11,15,19,23H,3-9,12-13H2,1-2H3. The topological polar surface area (TPSA) is 32.7 Å². The zero-order valence-corrected chi connectivity index (χ0v) is 14.7. The molecule has 3 nitrogen and oxygen atoms in total. The molecule has 1 saturated heterocycles. The minimum absolute atomic E-state index is 0.179. The minimum atomic E-state index is -0.581. The maximum Gasteiger partial charge on any atom is 0.129 e. The molecule has 136 valence electrons. The molecule has 2 atom stereocenters. The van der Waals surface area contributed by atoms with Gasteiger partial charge in [-0.3, -0.25) is 0 Å². The van der Waals surface area contributed by atoms with Crippen LogP contribution in [-0.4, -0.2) is 42.4 Å². The molecule has 0 bridgehead atoms. The molecule has 1 aliphatic rings. The van der Waals surface area contributed by atoms with Crippen molar-refractivity contribution in [1.29, 1.82) is 0 Å². The van der Waals surface area contributed by atoms with Gasteiger partial charge in [0.15, 0.2) is 0 Å². The Morgan fingerprint density at radius 1 is 1.21 bits per heavy atom. The van der Waals surface area contributed by atoms with E-state index < -0.39 is 23.8 Å². The molecular weight excluding hydrogens is 312 g/mol. The lowest BCUT2D eigenvalue weighted by Gasteiger charge is -2.24. The molecule has 1 aliphatic heterocycles. The van der Waals surface area contributed by atoms with Crippen LogP contribution in [0.15, 0.2) is 12.1 Å². The second kappa shape index (κ2) is 9.44. The van der Waals surface area contributed by atoms with Crippen molar-refractivity contribution in [2.75, 3.05) is 26.2 Å². The molecule has 0 spiro atoms. The van der Waals surface area contributed by atoms with Gasteiger partial charge in [-0.25, -0.2) is 8.78 Å². The van der Waals surface area contributed by atoms with Crippen LogP contribution in [0.25, 0.3) is 0 Å². The van der Waals surface area contributed by atoms with Crippen molar-refractivity contribution in [2.45, 2.75) is 58.2 Å². The van der Waals surface area contributed by atoms with E-state index >= 15 is 0 Å². The van der Waals surface area contributed by atoms with E-state index in [0.29, 0.717) is 30.5 Å². The molecule has 0 radical (unpaired) electrons. The zero-order chi connectivity index (χ0) is 17.5. The predicted octanol–water partition coefficient (Wildman–Crippen LogP) is 3.84. The molecule has 2 rings (SSSR count). The number of halogens is 2. The Bertz CT molecular complexity index is 518. The Kier molecular flexibility index (Phi) is 7.59. The summed E-state index contributed by atoms with van der Waals surface area (Å²) in [6.07, 6.45) is 3.31. The lowest BCUT2D eigenvalue weighted by atomic mass is 9.96. The Morgan fingerprint density at radius 2 is 1.92 bits per heavy atom. The average Bonchev–Trinajstić information content (AvgIpc) is 3.04. The smallest absolute Gasteiger partial charge is 0.129 e. The fourth-order valence-corrected chi connectivity index (χ4v) is 3.40. The van der Waals surface area contributed by atoms with Gasteiger partial charge in [-0.2, -0.15) is 0 Å². The summed E-state index contributed by atoms with van der Waals surface area (Å²) in [6.45, 7) is 6.70. The van der Waals surface area contributed by atoms with Crippen LogP contribution in [0.1, 0.15) is 56.8 Å². The number of nitrogens with zero attached hydrogens (tertiary/aromatic N) is 1. The third kappa shape index (κ3) is 5.23. The molecule has 0 amide bonds. The second-order valence-corrected chi connectivity index (χ2v) is 6.60. The van der Waals surface area contributed by atoms with Crippen molar-refractivity contribution in [3.63, 3.8) is 0 Å². The van der Waals surface area contributed by atoms with Crippen molar-refractivity contribution in [3.05, 3.63) is 34.9 Å². The van der Waals surface area contributed by atoms with E-state index in [9.17, 15) is 13.9 Å². The summed E-state index contributed by atoms with van der Waals surface area (Å²) in [5, 5.41) is 10.2. The number of benzene rings is 1. The first kappa shape index (κ1) is 19.3. The van der Waals surface area contributed by atoms with E-state index in [-0.39, 0.29) is 6.61 Å². The number of likely N-dealkylation sites (tertiary alicyclic amines) is 1. The summed E-state index contributed by atoms with van der Waals surface area (Å²) in [5.74, 6) is -1.09. The molecule has 1 fully saturated rings. The maximum absolute atomic E-state index is 14.1. The van der Waals surface area contributed by atoms with Crippen LogP contribution in [0.3, 0.4) is 0 Å². The van der Waals surface area contributed by atoms with E-state index in [1.54, 1.807) is 0 Å². The number of rotatable bonds is 9. The Morgan fingerprint density at radius 3 is 2.54 bits per heavy atom. The van der Waals surface area contributed by atoms with E-state index in [1.807, 2.05) is 13.8 Å². The van der Waals surface area contributed by atoms with Crippen LogP contribution in [0.4, 0.5) is 8.78 Å². The van der Waals surface area contributed by atoms with Crippen LogP contribution in [-0.2, 0) is 11.2 Å². The molecule has 24 heavy (non-hydrogen) atoms. The highest BCUT2D eigenvalue weighted by atomic mass is 19.1. The number of β-amino-alcohol motifs (C(OH)–C–C–N with tert-alkyl or cyclic N) is 1. The largest absolute Gasteiger partial charge is 0.389 e. The van der Waals surface area contributed by atoms with E-state index in [4.69, 9.17) is 4.74 Å². The highest BCUT2D eigenvalue weighted by Gasteiger charge is 2.21. The molecule has 1 heterocycles. The fraction of sp³-hybridized carbons (Fsp3) is 0.684. The normalized spacial score (nSPS) is 18.0. The average molecular weight is 341 g/mol. The van der Waals surface area contributed by atoms with Gasteiger partial charge in [-0.15, -0.1) is 0 Å². The van der Waals surface area contributed by atoms with Gasteiger partial charge in [0.25, 0.3) is 0 Å². The summed E-state index contributed by atoms with van der Waals surface area (Å²) in [6, 6.07) is 2.30. The van der Waals surface area contributed by atoms with Gasteiger partial charge >= 0.3 is 0 Å². The molecule has 2 unspecified atom stereocenters. The van der Waals surface area contributed by atoms with E-state index in [2.05, 4.69) is 4.90 Å². The van der Waals surface area contributed by atoms with Gasteiger partial charge in [0.2, 0.25) is 0 Å². The third-order valence-corrected chi connectivity index (χ3v) is 4.57. The Hall–Kier alpha value is -1.04. The second-order valence-electron chi connectivity index (χ2n) is 6.60. The minimum Gasteiger partial charge on any atom is -0.389 e. The van der Waals surface area contributed by atoms with Gasteiger partial charge in [-0.1, -0.05) is 20.3 Å². The molecule has 0 aromatic heterocycles. The highest BCUT2D eigenvalue weighted by molar-refractivity contribution is 5.31. The lowest BCUT2D eigenvalue weighted by molar-refractivity contribution is -0.0220. The molecule has 1 aromatic rings. The van der Waals surface area contributed by atoms with Crippen LogP contribution in [0.5, 0.6) is 0 Å². The van der Waals surface area contributed by atoms with E-state index in [0.717, 1.165) is 25.6 Å². The molecule has 0 aliphatic carbocycles. The lowest BCUT2D eigenvalue weighted by Crippen LogP contribution is -2.33. The number of hydrogen-bond donors (Lipinski definition) is 1. The van der Waals surface area contributed by atoms with Crippen molar-refractivity contribution in [2.24, 2.45) is 0 Å². The van der Waals surface area contributed by atoms with Gasteiger partial charge in [0.05, 0.1) is 18.8 Å². The van der Waals surface area contributed by atoms with Gasteiger partial charge in [0, 0.05) is 12.6 Å². The first-order valence-corrected chi connectivity index (χ1v) is 9.05. The van der Waals surface area contributed by atoms with Gasteiger partial charge < -0.3 is 14.7 Å². The molecule has 1 N–H and O–H groups in total. The number of ether oxygens (including phenoxy) is 1. The van der Waals surface area contributed by atoms with Crippen molar-refractivity contribution < 1.29 is 18.6 Å². The summed E-state index contributed by atoms with van der Waals surface area (Å²) < 4.78 is 33.6. The van der Waals surface area contributed by atoms with Crippen LogP contribution in [0.2, 0.25) is 0 Å². The van der Waals surface area contributed by atoms with E-state index in [1.165, 1.54) is 18.9 Å². The summed E-state index contributed by atoms with van der Waals surface area (Å²) in [5.41, 5.74) is 1.10. The zero-order valence-electron chi connectivity index (χ0n) is 14.7. The van der Waals surface area contributed by atoms with Crippen molar-refractivity contribution in [1.82, 2.24) is 4.90 Å². The molecule has 0 saturated carbocycles. The molecular formula is C19H29F2NO2. The first-order chi connectivity index (χ1) is 11.5. The van der Waals surface area contributed by atoms with Crippen molar-refractivity contribution >= 4 is 0 Å². The SMILES string of the molecule is CCCc1c(F)cc(F)cc1C(CC)OCC(O)CN1CCCC1. The van der Waals surface area contributed by atoms with Crippen molar-refractivity contribution in [3.8, 4) is 0 Å². The first-order valence-electron chi connectivity index (χ1n) is 9.05. The van der Waals surface area contributed by atoms with Crippen LogP contribution >= 0.6 is 0 Å². The third-order valence-electron chi connectivity index (χ3n) is 4.57. The summed E-state index contributed by atoms with van der Waals surface area (Å²) in [7, 11) is 0. The summed E-state index contributed by atoms with van der Waals surface area (Å²) >= 11 is 0. The highest BCUT2D eigenvalue weighted by Crippen LogP contribution is 2.29. The van der Waals surface area contributed by atoms with Crippen LogP contribution in [0, 0.1) is 11.6 Å². The number of aliphatic hydroxyl groups is 1. The number of hydrogen-bond acceptors (Lipinski definition) is 3. The Balaban J connectivity index is 2.02. The van der Waals surface area contributed by atoms with Crippen LogP contribution < -0.4 is 0 Å². The number of aliphatic hydroxyl groups excluding tert-OH is 1. The maximum atomic E-state index is 14.1. The quantitative estimate of drug-likeness (QED) is 0.741. The van der Waals surface area contributed by atoms with Gasteiger partial charge in [0.1, 0.15) is 11.6 Å². The fourth-order valence-electron chi connectivity index (χ4n) is 3.40. The monoisotopic (exact) mass is 341 g/mol. The predicted molar refractivity (Wildman–Crippen MR) is 91.0 cm³/mol. The Labute approximate surface area is 143 Å². The molecule has 1 aromatic carbocycles. The van der Waals surface area contributed by atoms with Gasteiger partial charge in [-0.05, 0) is 56.0 Å². The summed E-state index contributed by atoms with van der Waals surface area (Å²) in [4.78, 5) is 2.22.